The first-order valence-corrected chi connectivity index (χ1v) is 10.8. The minimum Gasteiger partial charge on any atom is -0.322 e. The van der Waals surface area contributed by atoms with E-state index < -0.39 is 0 Å². The molecule has 2 N–H and O–H groups in total. The van der Waals surface area contributed by atoms with Crippen LogP contribution in [0.25, 0.3) is 5.69 Å². The number of carbonyl (C=O) groups excluding carboxylic acids is 1. The molecular weight excluding hydrogens is 431 g/mol. The third-order valence-electron chi connectivity index (χ3n) is 5.96. The Hall–Kier alpha value is -2.34. The summed E-state index contributed by atoms with van der Waals surface area (Å²) >= 11 is 6.14. The highest BCUT2D eigenvalue weighted by atomic mass is 35.5. The van der Waals surface area contributed by atoms with Gasteiger partial charge in [0.05, 0.1) is 23.1 Å². The van der Waals surface area contributed by atoms with E-state index in [1.54, 1.807) is 12.3 Å². The van der Waals surface area contributed by atoms with Crippen LogP contribution in [0.5, 0.6) is 0 Å². The second-order valence-corrected chi connectivity index (χ2v) is 8.50. The van der Waals surface area contributed by atoms with Crippen LogP contribution in [0.15, 0.2) is 42.6 Å². The first-order chi connectivity index (χ1) is 14.4. The number of hydrogen-bond acceptors (Lipinski definition) is 3. The maximum absolute atomic E-state index is 13.3. The maximum atomic E-state index is 13.3. The number of benzene rings is 2. The van der Waals surface area contributed by atoms with Crippen molar-refractivity contribution in [3.8, 4) is 5.69 Å². The zero-order valence-corrected chi connectivity index (χ0v) is 19.6. The second-order valence-electron chi connectivity index (χ2n) is 8.06. The van der Waals surface area contributed by atoms with Gasteiger partial charge < -0.3 is 10.6 Å². The molecule has 164 valence electrons. The smallest absolute Gasteiger partial charge is 0.259 e. The van der Waals surface area contributed by atoms with E-state index in [4.69, 9.17) is 11.6 Å². The van der Waals surface area contributed by atoms with E-state index in [1.165, 1.54) is 11.1 Å². The number of nitrogens with one attached hydrogen (secondary N) is 2. The van der Waals surface area contributed by atoms with Crippen LogP contribution in [-0.2, 0) is 0 Å². The summed E-state index contributed by atoms with van der Waals surface area (Å²) in [5.41, 5.74) is 6.74. The van der Waals surface area contributed by atoms with Gasteiger partial charge in [0.1, 0.15) is 0 Å². The van der Waals surface area contributed by atoms with Crippen molar-refractivity contribution in [1.29, 1.82) is 0 Å². The lowest BCUT2D eigenvalue weighted by atomic mass is 9.91. The van der Waals surface area contributed by atoms with Crippen molar-refractivity contribution < 1.29 is 4.79 Å². The predicted octanol–water partition coefficient (Wildman–Crippen LogP) is 5.59. The Kier molecular flexibility index (Phi) is 7.42. The molecule has 0 aliphatic carbocycles. The number of aromatic nitrogens is 2. The highest BCUT2D eigenvalue weighted by Gasteiger charge is 2.27. The molecule has 0 radical (unpaired) electrons. The van der Waals surface area contributed by atoms with Crippen LogP contribution in [0.2, 0.25) is 5.02 Å². The lowest BCUT2D eigenvalue weighted by Gasteiger charge is -2.25. The van der Waals surface area contributed by atoms with Crippen LogP contribution < -0.4 is 10.6 Å². The Morgan fingerprint density at radius 3 is 2.48 bits per heavy atom. The van der Waals surface area contributed by atoms with Gasteiger partial charge in [-0.1, -0.05) is 23.7 Å². The Balaban J connectivity index is 0.00000272. The van der Waals surface area contributed by atoms with Gasteiger partial charge in [-0.15, -0.1) is 12.4 Å². The van der Waals surface area contributed by atoms with Gasteiger partial charge in [-0.3, -0.25) is 4.79 Å². The third-order valence-corrected chi connectivity index (χ3v) is 6.19. The van der Waals surface area contributed by atoms with Gasteiger partial charge >= 0.3 is 0 Å². The molecule has 1 aliphatic rings. The molecule has 1 aromatic heterocycles. The van der Waals surface area contributed by atoms with Gasteiger partial charge in [-0.05, 0) is 87.7 Å². The van der Waals surface area contributed by atoms with Gasteiger partial charge in [0, 0.05) is 16.6 Å². The molecule has 4 rings (SSSR count). The summed E-state index contributed by atoms with van der Waals surface area (Å²) in [6, 6.07) is 11.8. The standard InChI is InChI=1S/C24H27ClN4O.ClH/c1-15-5-7-20(12-17(15)3)29-23(18-8-10-26-11-9-18)21(14-27-29)24(30)28-22-13-19(25)6-4-16(22)2;/h4-7,12-14,18,26H,8-11H2,1-3H3,(H,28,30);1H. The molecule has 1 fully saturated rings. The molecule has 1 saturated heterocycles. The fourth-order valence-electron chi connectivity index (χ4n) is 4.00. The molecule has 0 bridgehead atoms. The highest BCUT2D eigenvalue weighted by Crippen LogP contribution is 2.31. The van der Waals surface area contributed by atoms with Crippen molar-refractivity contribution in [2.75, 3.05) is 18.4 Å². The van der Waals surface area contributed by atoms with Gasteiger partial charge in [0.2, 0.25) is 0 Å². The minimum atomic E-state index is -0.149. The summed E-state index contributed by atoms with van der Waals surface area (Å²) in [4.78, 5) is 13.3. The second kappa shape index (κ2) is 9.86. The number of anilines is 1. The zero-order valence-electron chi connectivity index (χ0n) is 18.0. The molecule has 2 heterocycles. The maximum Gasteiger partial charge on any atom is 0.259 e. The molecule has 0 unspecified atom stereocenters. The van der Waals surface area contributed by atoms with E-state index >= 15 is 0 Å². The Morgan fingerprint density at radius 1 is 1.06 bits per heavy atom. The molecule has 1 amide bonds. The van der Waals surface area contributed by atoms with Crippen LogP contribution in [-0.4, -0.2) is 28.8 Å². The molecule has 5 nitrogen and oxygen atoms in total. The summed E-state index contributed by atoms with van der Waals surface area (Å²) in [7, 11) is 0. The fraction of sp³-hybridized carbons (Fsp3) is 0.333. The Bertz CT molecular complexity index is 1090. The number of aryl methyl sites for hydroxylation is 3. The number of rotatable bonds is 4. The topological polar surface area (TPSA) is 59.0 Å². The van der Waals surface area contributed by atoms with E-state index in [1.807, 2.05) is 23.7 Å². The predicted molar refractivity (Wildman–Crippen MR) is 129 cm³/mol. The van der Waals surface area contributed by atoms with Crippen molar-refractivity contribution in [3.05, 3.63) is 75.6 Å². The van der Waals surface area contributed by atoms with E-state index in [2.05, 4.69) is 47.8 Å². The minimum absolute atomic E-state index is 0. The molecule has 0 spiro atoms. The molecule has 1 aliphatic heterocycles. The Morgan fingerprint density at radius 2 is 1.77 bits per heavy atom. The number of amides is 1. The number of carbonyl (C=O) groups is 1. The average molecular weight is 459 g/mol. The van der Waals surface area contributed by atoms with Crippen LogP contribution in [0.3, 0.4) is 0 Å². The van der Waals surface area contributed by atoms with Crippen LogP contribution >= 0.6 is 24.0 Å². The van der Waals surface area contributed by atoms with Crippen LogP contribution in [0.4, 0.5) is 5.69 Å². The average Bonchev–Trinajstić information content (AvgIpc) is 3.18. The highest BCUT2D eigenvalue weighted by molar-refractivity contribution is 6.31. The van der Waals surface area contributed by atoms with E-state index in [0.29, 0.717) is 10.6 Å². The largest absolute Gasteiger partial charge is 0.322 e. The molecule has 2 aromatic carbocycles. The summed E-state index contributed by atoms with van der Waals surface area (Å²) < 4.78 is 1.95. The van der Waals surface area contributed by atoms with Crippen molar-refractivity contribution in [2.45, 2.75) is 39.5 Å². The van der Waals surface area contributed by atoms with Crippen molar-refractivity contribution in [3.63, 3.8) is 0 Å². The molecule has 0 atom stereocenters. The van der Waals surface area contributed by atoms with Crippen LogP contribution in [0, 0.1) is 20.8 Å². The number of halogens is 2. The summed E-state index contributed by atoms with van der Waals surface area (Å²) in [5.74, 6) is 0.126. The van der Waals surface area contributed by atoms with Crippen molar-refractivity contribution in [2.24, 2.45) is 0 Å². The first kappa shape index (κ1) is 23.3. The number of hydrogen-bond donors (Lipinski definition) is 2. The fourth-order valence-corrected chi connectivity index (χ4v) is 4.17. The molecule has 3 aromatic rings. The number of nitrogens with zero attached hydrogens (tertiary/aromatic N) is 2. The van der Waals surface area contributed by atoms with Gasteiger partial charge in [0.25, 0.3) is 5.91 Å². The molecule has 7 heteroatoms. The third kappa shape index (κ3) is 4.95. The van der Waals surface area contributed by atoms with Gasteiger partial charge in [-0.2, -0.15) is 5.10 Å². The van der Waals surface area contributed by atoms with Gasteiger partial charge in [0.15, 0.2) is 0 Å². The first-order valence-electron chi connectivity index (χ1n) is 10.4. The molecular formula is C24H28Cl2N4O. The Labute approximate surface area is 194 Å². The van der Waals surface area contributed by atoms with Crippen LogP contribution in [0.1, 0.15) is 51.5 Å². The normalized spacial score (nSPS) is 14.2. The summed E-state index contributed by atoms with van der Waals surface area (Å²) in [6.45, 7) is 8.04. The molecule has 0 saturated carbocycles. The lowest BCUT2D eigenvalue weighted by Crippen LogP contribution is -2.29. The monoisotopic (exact) mass is 458 g/mol. The molecule has 31 heavy (non-hydrogen) atoms. The number of piperidine rings is 1. The van der Waals surface area contributed by atoms with E-state index in [9.17, 15) is 4.79 Å². The van der Waals surface area contributed by atoms with E-state index in [-0.39, 0.29) is 24.2 Å². The van der Waals surface area contributed by atoms with Crippen molar-refractivity contribution in [1.82, 2.24) is 15.1 Å². The summed E-state index contributed by atoms with van der Waals surface area (Å²) in [5, 5.41) is 11.7. The van der Waals surface area contributed by atoms with Crippen molar-refractivity contribution >= 4 is 35.6 Å². The van der Waals surface area contributed by atoms with Gasteiger partial charge in [-0.25, -0.2) is 4.68 Å². The lowest BCUT2D eigenvalue weighted by molar-refractivity contribution is 0.102. The quantitative estimate of drug-likeness (QED) is 0.535. The van der Waals surface area contributed by atoms with E-state index in [0.717, 1.165) is 48.6 Å². The SMILES string of the molecule is Cc1ccc(-n2ncc(C(=O)Nc3cc(Cl)ccc3C)c2C2CCNCC2)cc1C.Cl. The summed E-state index contributed by atoms with van der Waals surface area (Å²) in [6.07, 6.45) is 3.65. The zero-order chi connectivity index (χ0) is 21.3.